The highest BCUT2D eigenvalue weighted by Gasteiger charge is 2.44. The van der Waals surface area contributed by atoms with E-state index in [4.69, 9.17) is 9.47 Å². The molecule has 0 amide bonds. The zero-order chi connectivity index (χ0) is 16.5. The highest BCUT2D eigenvalue weighted by atomic mass is 16.7. The summed E-state index contributed by atoms with van der Waals surface area (Å²) in [5.41, 5.74) is 1.77. The second-order valence-electron chi connectivity index (χ2n) is 7.85. The van der Waals surface area contributed by atoms with E-state index in [9.17, 15) is 0 Å². The van der Waals surface area contributed by atoms with Gasteiger partial charge in [-0.25, -0.2) is 0 Å². The number of benzene rings is 1. The fourth-order valence-electron chi connectivity index (χ4n) is 4.52. The third-order valence-electron chi connectivity index (χ3n) is 6.28. The Morgan fingerprint density at radius 1 is 0.875 bits per heavy atom. The van der Waals surface area contributed by atoms with Crippen LogP contribution in [0.25, 0.3) is 0 Å². The molecule has 1 aromatic rings. The number of nitrogens with zero attached hydrogens (tertiary/aromatic N) is 2. The van der Waals surface area contributed by atoms with E-state index in [-0.39, 0.29) is 5.79 Å². The highest BCUT2D eigenvalue weighted by molar-refractivity contribution is 5.14. The number of hydrogen-bond donors (Lipinski definition) is 0. The third-order valence-corrected chi connectivity index (χ3v) is 6.28. The lowest BCUT2D eigenvalue weighted by molar-refractivity contribution is -0.194. The van der Waals surface area contributed by atoms with Crippen LogP contribution >= 0.6 is 0 Å². The van der Waals surface area contributed by atoms with Gasteiger partial charge in [-0.3, -0.25) is 9.80 Å². The molecule has 1 spiro atoms. The molecular weight excluding hydrogens is 300 g/mol. The standard InChI is InChI=1S/C20H30N2O2/c1-19(22-13-9-20(10-14-22)23-15-16-24-20)7-11-21(12-8-19)17-18-5-3-2-4-6-18/h2-6H,7-17H2,1H3. The van der Waals surface area contributed by atoms with Crippen molar-refractivity contribution in [2.24, 2.45) is 0 Å². The Morgan fingerprint density at radius 2 is 1.50 bits per heavy atom. The van der Waals surface area contributed by atoms with Crippen LogP contribution in [0.2, 0.25) is 0 Å². The van der Waals surface area contributed by atoms with Crippen molar-refractivity contribution >= 4 is 0 Å². The molecule has 0 N–H and O–H groups in total. The fourth-order valence-corrected chi connectivity index (χ4v) is 4.52. The summed E-state index contributed by atoms with van der Waals surface area (Å²) >= 11 is 0. The van der Waals surface area contributed by atoms with Crippen molar-refractivity contribution < 1.29 is 9.47 Å². The van der Waals surface area contributed by atoms with Gasteiger partial charge in [0.2, 0.25) is 0 Å². The zero-order valence-electron chi connectivity index (χ0n) is 14.9. The molecule has 0 atom stereocenters. The molecule has 3 saturated heterocycles. The Hall–Kier alpha value is -0.940. The van der Waals surface area contributed by atoms with Gasteiger partial charge in [-0.2, -0.15) is 0 Å². The molecule has 3 fully saturated rings. The van der Waals surface area contributed by atoms with Crippen LogP contribution in [-0.2, 0) is 16.0 Å². The maximum atomic E-state index is 5.88. The smallest absolute Gasteiger partial charge is 0.170 e. The Morgan fingerprint density at radius 3 is 2.12 bits per heavy atom. The predicted molar refractivity (Wildman–Crippen MR) is 94.8 cm³/mol. The second-order valence-corrected chi connectivity index (χ2v) is 7.85. The van der Waals surface area contributed by atoms with Gasteiger partial charge in [0, 0.05) is 51.1 Å². The molecule has 0 unspecified atom stereocenters. The maximum Gasteiger partial charge on any atom is 0.170 e. The first kappa shape index (κ1) is 16.5. The minimum atomic E-state index is -0.249. The van der Waals surface area contributed by atoms with Crippen LogP contribution in [0.5, 0.6) is 0 Å². The van der Waals surface area contributed by atoms with Gasteiger partial charge >= 0.3 is 0 Å². The van der Waals surface area contributed by atoms with Gasteiger partial charge in [-0.15, -0.1) is 0 Å². The van der Waals surface area contributed by atoms with E-state index in [0.29, 0.717) is 5.54 Å². The monoisotopic (exact) mass is 330 g/mol. The molecule has 3 aliphatic heterocycles. The first-order chi connectivity index (χ1) is 11.7. The van der Waals surface area contributed by atoms with E-state index < -0.39 is 0 Å². The summed E-state index contributed by atoms with van der Waals surface area (Å²) in [7, 11) is 0. The van der Waals surface area contributed by atoms with Crippen molar-refractivity contribution in [3.63, 3.8) is 0 Å². The van der Waals surface area contributed by atoms with Crippen molar-refractivity contribution in [3.05, 3.63) is 35.9 Å². The summed E-state index contributed by atoms with van der Waals surface area (Å²) in [6.45, 7) is 9.69. The first-order valence-electron chi connectivity index (χ1n) is 9.47. The van der Waals surface area contributed by atoms with E-state index in [2.05, 4.69) is 47.1 Å². The summed E-state index contributed by atoms with van der Waals surface area (Å²) in [6, 6.07) is 10.8. The molecule has 0 saturated carbocycles. The van der Waals surface area contributed by atoms with Crippen LogP contribution < -0.4 is 0 Å². The lowest BCUT2D eigenvalue weighted by atomic mass is 9.85. The molecule has 3 aliphatic rings. The fraction of sp³-hybridized carbons (Fsp3) is 0.700. The van der Waals surface area contributed by atoms with Gasteiger partial charge in [-0.1, -0.05) is 30.3 Å². The molecule has 24 heavy (non-hydrogen) atoms. The summed E-state index contributed by atoms with van der Waals surface area (Å²) < 4.78 is 11.8. The minimum Gasteiger partial charge on any atom is -0.347 e. The number of piperidine rings is 2. The normalized spacial score (nSPS) is 27.5. The predicted octanol–water partition coefficient (Wildman–Crippen LogP) is 2.88. The van der Waals surface area contributed by atoms with Crippen LogP contribution in [0.1, 0.15) is 38.2 Å². The number of rotatable bonds is 3. The van der Waals surface area contributed by atoms with Gasteiger partial charge in [0.1, 0.15) is 0 Å². The zero-order valence-corrected chi connectivity index (χ0v) is 14.9. The van der Waals surface area contributed by atoms with Crippen LogP contribution in [-0.4, -0.2) is 60.5 Å². The lowest BCUT2D eigenvalue weighted by Crippen LogP contribution is -2.58. The van der Waals surface area contributed by atoms with E-state index in [1.807, 2.05) is 0 Å². The quantitative estimate of drug-likeness (QED) is 0.851. The molecule has 3 heterocycles. The van der Waals surface area contributed by atoms with Crippen LogP contribution in [0.15, 0.2) is 30.3 Å². The first-order valence-corrected chi connectivity index (χ1v) is 9.47. The SMILES string of the molecule is CC1(N2CCC3(CC2)OCCO3)CCN(Cc2ccccc2)CC1. The molecule has 0 bridgehead atoms. The molecular formula is C20H30N2O2. The summed E-state index contributed by atoms with van der Waals surface area (Å²) in [4.78, 5) is 5.30. The molecule has 1 aromatic carbocycles. The Kier molecular flexibility index (Phi) is 4.65. The van der Waals surface area contributed by atoms with Crippen molar-refractivity contribution in [1.29, 1.82) is 0 Å². The average Bonchev–Trinajstić information content (AvgIpc) is 3.07. The van der Waals surface area contributed by atoms with Crippen molar-refractivity contribution in [2.45, 2.75) is 50.5 Å². The summed E-state index contributed by atoms with van der Waals surface area (Å²) in [5.74, 6) is -0.249. The third kappa shape index (κ3) is 3.38. The Bertz CT molecular complexity index is 524. The maximum absolute atomic E-state index is 5.88. The number of hydrogen-bond acceptors (Lipinski definition) is 4. The number of likely N-dealkylation sites (tertiary alicyclic amines) is 2. The molecule has 132 valence electrons. The number of ether oxygens (including phenoxy) is 2. The van der Waals surface area contributed by atoms with Crippen molar-refractivity contribution in [1.82, 2.24) is 9.80 Å². The Balaban J connectivity index is 1.30. The second kappa shape index (κ2) is 6.75. The molecule has 0 aromatic heterocycles. The molecule has 4 heteroatoms. The van der Waals surface area contributed by atoms with Gasteiger partial charge in [0.05, 0.1) is 13.2 Å². The van der Waals surface area contributed by atoms with E-state index in [1.54, 1.807) is 0 Å². The van der Waals surface area contributed by atoms with Gasteiger partial charge in [0.25, 0.3) is 0 Å². The molecule has 4 rings (SSSR count). The summed E-state index contributed by atoms with van der Waals surface area (Å²) in [5, 5.41) is 0. The molecule has 0 radical (unpaired) electrons. The summed E-state index contributed by atoms with van der Waals surface area (Å²) in [6.07, 6.45) is 4.57. The van der Waals surface area contributed by atoms with Crippen LogP contribution in [0.4, 0.5) is 0 Å². The van der Waals surface area contributed by atoms with Gasteiger partial charge in [-0.05, 0) is 25.3 Å². The minimum absolute atomic E-state index is 0.249. The van der Waals surface area contributed by atoms with E-state index in [0.717, 1.165) is 45.7 Å². The topological polar surface area (TPSA) is 24.9 Å². The van der Waals surface area contributed by atoms with Crippen molar-refractivity contribution in [2.75, 3.05) is 39.4 Å². The van der Waals surface area contributed by atoms with Crippen LogP contribution in [0.3, 0.4) is 0 Å². The van der Waals surface area contributed by atoms with E-state index >= 15 is 0 Å². The molecule has 0 aliphatic carbocycles. The van der Waals surface area contributed by atoms with Gasteiger partial charge < -0.3 is 9.47 Å². The molecule has 4 nitrogen and oxygen atoms in total. The van der Waals surface area contributed by atoms with Crippen molar-refractivity contribution in [3.8, 4) is 0 Å². The van der Waals surface area contributed by atoms with Gasteiger partial charge in [0.15, 0.2) is 5.79 Å². The largest absolute Gasteiger partial charge is 0.347 e. The Labute approximate surface area is 145 Å². The average molecular weight is 330 g/mol. The van der Waals surface area contributed by atoms with E-state index in [1.165, 1.54) is 31.5 Å². The highest BCUT2D eigenvalue weighted by Crippen LogP contribution is 2.37. The lowest BCUT2D eigenvalue weighted by Gasteiger charge is -2.50. The van der Waals surface area contributed by atoms with Crippen LogP contribution in [0, 0.1) is 0 Å².